The van der Waals surface area contributed by atoms with Crippen molar-refractivity contribution in [2.45, 2.75) is 19.8 Å². The summed E-state index contributed by atoms with van der Waals surface area (Å²) in [5.41, 5.74) is 1.46. The van der Waals surface area contributed by atoms with Gasteiger partial charge in [0.2, 0.25) is 0 Å². The largest absolute Gasteiger partial charge is 0.168 e. The zero-order chi connectivity index (χ0) is 8.55. The maximum atomic E-state index is 2.24. The standard InChI is InChI=1S/C12H13.ClH.Ti/c1-9(2)11-8-7-10-5-3-4-6-12(10)11;;/h3-9H,1-2H3;1H;/q-1;;. The summed E-state index contributed by atoms with van der Waals surface area (Å²) in [5, 5.41) is 2.77. The van der Waals surface area contributed by atoms with E-state index in [2.05, 4.69) is 50.2 Å². The predicted octanol–water partition coefficient (Wildman–Crippen LogP) is 4.10. The van der Waals surface area contributed by atoms with Gasteiger partial charge in [-0.25, -0.2) is 0 Å². The second kappa shape index (κ2) is 5.65. The Morgan fingerprint density at radius 2 is 1.71 bits per heavy atom. The Balaban J connectivity index is 0.000000845. The van der Waals surface area contributed by atoms with Gasteiger partial charge >= 0.3 is 0 Å². The number of benzene rings is 1. The molecule has 0 unspecified atom stereocenters. The molecule has 0 aliphatic heterocycles. The van der Waals surface area contributed by atoms with Gasteiger partial charge in [-0.3, -0.25) is 0 Å². The Bertz CT molecular complexity index is 390. The first-order chi connectivity index (χ1) is 5.79. The van der Waals surface area contributed by atoms with Crippen LogP contribution in [0.15, 0.2) is 36.4 Å². The van der Waals surface area contributed by atoms with Crippen molar-refractivity contribution in [3.63, 3.8) is 0 Å². The molecule has 0 spiro atoms. The van der Waals surface area contributed by atoms with Gasteiger partial charge in [-0.1, -0.05) is 25.8 Å². The molecule has 2 aromatic rings. The van der Waals surface area contributed by atoms with Crippen LogP contribution in [0, 0.1) is 0 Å². The van der Waals surface area contributed by atoms with Gasteiger partial charge in [0.1, 0.15) is 0 Å². The van der Waals surface area contributed by atoms with E-state index < -0.39 is 0 Å². The Morgan fingerprint density at radius 3 is 2.36 bits per heavy atom. The van der Waals surface area contributed by atoms with Crippen molar-refractivity contribution in [2.75, 3.05) is 0 Å². The Labute approximate surface area is 106 Å². The molecule has 2 rings (SSSR count). The van der Waals surface area contributed by atoms with E-state index in [1.165, 1.54) is 16.3 Å². The number of rotatable bonds is 1. The first-order valence-electron chi connectivity index (χ1n) is 4.43. The Kier molecular flexibility index (Phi) is 5.58. The van der Waals surface area contributed by atoms with Crippen LogP contribution in [0.3, 0.4) is 0 Å². The fourth-order valence-electron chi connectivity index (χ4n) is 1.68. The molecular weight excluding hydrogens is 227 g/mol. The first-order valence-corrected chi connectivity index (χ1v) is 4.43. The molecule has 2 aromatic carbocycles. The van der Waals surface area contributed by atoms with Gasteiger partial charge in [0.15, 0.2) is 0 Å². The zero-order valence-corrected chi connectivity index (χ0v) is 10.8. The molecule has 0 fully saturated rings. The summed E-state index contributed by atoms with van der Waals surface area (Å²) < 4.78 is 0. The van der Waals surface area contributed by atoms with Crippen molar-refractivity contribution in [1.29, 1.82) is 0 Å². The summed E-state index contributed by atoms with van der Waals surface area (Å²) >= 11 is 0. The van der Waals surface area contributed by atoms with E-state index >= 15 is 0 Å². The number of hydrogen-bond donors (Lipinski definition) is 0. The number of halogens is 1. The van der Waals surface area contributed by atoms with Crippen molar-refractivity contribution in [1.82, 2.24) is 0 Å². The van der Waals surface area contributed by atoms with Crippen molar-refractivity contribution in [2.24, 2.45) is 0 Å². The average molecular weight is 242 g/mol. The molecule has 0 radical (unpaired) electrons. The topological polar surface area (TPSA) is 0 Å². The van der Waals surface area contributed by atoms with Gasteiger partial charge in [-0.05, 0) is 0 Å². The molecule has 0 aliphatic rings. The minimum Gasteiger partial charge on any atom is -0.168 e. The van der Waals surface area contributed by atoms with Crippen LogP contribution in [0.1, 0.15) is 25.3 Å². The summed E-state index contributed by atoms with van der Waals surface area (Å²) in [6, 6.07) is 13.0. The van der Waals surface area contributed by atoms with Crippen LogP contribution in [-0.4, -0.2) is 0 Å². The molecule has 0 amide bonds. The van der Waals surface area contributed by atoms with Crippen LogP contribution in [0.5, 0.6) is 0 Å². The van der Waals surface area contributed by atoms with E-state index in [1.807, 2.05) is 0 Å². The van der Waals surface area contributed by atoms with E-state index in [-0.39, 0.29) is 34.1 Å². The van der Waals surface area contributed by atoms with Gasteiger partial charge in [0.05, 0.1) is 0 Å². The summed E-state index contributed by atoms with van der Waals surface area (Å²) in [7, 11) is 0. The molecule has 0 aliphatic carbocycles. The minimum absolute atomic E-state index is 0. The number of hydrogen-bond acceptors (Lipinski definition) is 0. The second-order valence-corrected chi connectivity index (χ2v) is 3.53. The molecule has 0 aromatic heterocycles. The summed E-state index contributed by atoms with van der Waals surface area (Å²) in [5.74, 6) is 0.630. The monoisotopic (exact) mass is 241 g/mol. The van der Waals surface area contributed by atoms with Crippen LogP contribution in [0.4, 0.5) is 0 Å². The quantitative estimate of drug-likeness (QED) is 0.521. The molecule has 0 atom stereocenters. The van der Waals surface area contributed by atoms with E-state index in [4.69, 9.17) is 0 Å². The number of fused-ring (bicyclic) bond motifs is 1. The molecule has 0 nitrogen and oxygen atoms in total. The van der Waals surface area contributed by atoms with E-state index in [0.717, 1.165) is 0 Å². The molecular formula is C12H14ClTi-. The predicted molar refractivity (Wildman–Crippen MR) is 60.9 cm³/mol. The van der Waals surface area contributed by atoms with Gasteiger partial charge in [0.25, 0.3) is 0 Å². The third-order valence-corrected chi connectivity index (χ3v) is 2.34. The molecule has 14 heavy (non-hydrogen) atoms. The molecule has 0 N–H and O–H groups in total. The zero-order valence-electron chi connectivity index (χ0n) is 8.45. The van der Waals surface area contributed by atoms with Crippen molar-refractivity contribution in [3.8, 4) is 0 Å². The SMILES string of the molecule is CC(C)[c-]1ccc2ccccc21.Cl.[Ti]. The van der Waals surface area contributed by atoms with Crippen LogP contribution in [-0.2, 0) is 21.7 Å². The van der Waals surface area contributed by atoms with E-state index in [1.54, 1.807) is 0 Å². The first kappa shape index (κ1) is 13.8. The maximum absolute atomic E-state index is 2.24. The third-order valence-electron chi connectivity index (χ3n) is 2.34. The fraction of sp³-hybridized carbons (Fsp3) is 0.250. The van der Waals surface area contributed by atoms with E-state index in [0.29, 0.717) is 5.92 Å². The molecule has 74 valence electrons. The van der Waals surface area contributed by atoms with Gasteiger partial charge in [0, 0.05) is 21.7 Å². The van der Waals surface area contributed by atoms with Crippen LogP contribution in [0.2, 0.25) is 0 Å². The fourth-order valence-corrected chi connectivity index (χ4v) is 1.68. The van der Waals surface area contributed by atoms with Crippen molar-refractivity contribution < 1.29 is 21.7 Å². The molecule has 0 bridgehead atoms. The van der Waals surface area contributed by atoms with E-state index in [9.17, 15) is 0 Å². The van der Waals surface area contributed by atoms with Crippen molar-refractivity contribution >= 4 is 23.2 Å². The Morgan fingerprint density at radius 1 is 1.07 bits per heavy atom. The normalized spacial score (nSPS) is 9.64. The van der Waals surface area contributed by atoms with Crippen LogP contribution in [0.25, 0.3) is 10.8 Å². The van der Waals surface area contributed by atoms with Gasteiger partial charge < -0.3 is 0 Å². The summed E-state index contributed by atoms with van der Waals surface area (Å²) in [6.45, 7) is 4.48. The second-order valence-electron chi connectivity index (χ2n) is 3.53. The Hall–Kier alpha value is -0.166. The molecule has 2 heteroatoms. The van der Waals surface area contributed by atoms with Crippen LogP contribution >= 0.6 is 12.4 Å². The summed E-state index contributed by atoms with van der Waals surface area (Å²) in [6.07, 6.45) is 0. The minimum atomic E-state index is 0. The van der Waals surface area contributed by atoms with Crippen LogP contribution < -0.4 is 0 Å². The molecule has 0 heterocycles. The average Bonchev–Trinajstić information content (AvgIpc) is 2.47. The molecule has 0 saturated carbocycles. The molecule has 0 saturated heterocycles. The third kappa shape index (κ3) is 2.45. The van der Waals surface area contributed by atoms with Gasteiger partial charge in [-0.2, -0.15) is 6.07 Å². The summed E-state index contributed by atoms with van der Waals surface area (Å²) in [4.78, 5) is 0. The smallest absolute Gasteiger partial charge is 0 e. The van der Waals surface area contributed by atoms with Gasteiger partial charge in [-0.15, -0.1) is 53.0 Å². The maximum Gasteiger partial charge on any atom is 0 e. The van der Waals surface area contributed by atoms with Crippen molar-refractivity contribution in [3.05, 3.63) is 42.0 Å².